The van der Waals surface area contributed by atoms with Gasteiger partial charge in [-0.3, -0.25) is 0 Å². The van der Waals surface area contributed by atoms with E-state index in [-0.39, 0.29) is 0 Å². The molecule has 0 heterocycles. The molecule has 0 bridgehead atoms. The Hall–Kier alpha value is -0.420. The molecule has 1 saturated carbocycles. The average Bonchev–Trinajstić information content (AvgIpc) is 3.06. The summed E-state index contributed by atoms with van der Waals surface area (Å²) in [4.78, 5) is 0. The third-order valence-electron chi connectivity index (χ3n) is 2.51. The molecule has 1 fully saturated rings. The first kappa shape index (κ1) is 14.6. The molecule has 0 amide bonds. The van der Waals surface area contributed by atoms with Crippen molar-refractivity contribution < 1.29 is 14.6 Å². The largest absolute Gasteiger partial charge is 0.389 e. The van der Waals surface area contributed by atoms with Crippen LogP contribution in [0, 0.1) is 5.92 Å². The van der Waals surface area contributed by atoms with Crippen molar-refractivity contribution in [3.63, 3.8) is 0 Å². The van der Waals surface area contributed by atoms with Gasteiger partial charge in [0.2, 0.25) is 0 Å². The van der Waals surface area contributed by atoms with Crippen LogP contribution in [0.1, 0.15) is 19.8 Å². The number of aliphatic hydroxyl groups excluding tert-OH is 1. The van der Waals surface area contributed by atoms with Crippen LogP contribution in [0.3, 0.4) is 0 Å². The summed E-state index contributed by atoms with van der Waals surface area (Å²) in [6.45, 7) is 9.47. The van der Waals surface area contributed by atoms with Gasteiger partial charge < -0.3 is 19.9 Å². The van der Waals surface area contributed by atoms with Crippen molar-refractivity contribution in [2.45, 2.75) is 25.9 Å². The van der Waals surface area contributed by atoms with Crippen LogP contribution in [0.15, 0.2) is 12.2 Å². The Kier molecular flexibility index (Phi) is 7.44. The molecule has 1 atom stereocenters. The summed E-state index contributed by atoms with van der Waals surface area (Å²) in [6, 6.07) is 0. The van der Waals surface area contributed by atoms with Crippen LogP contribution in [0.4, 0.5) is 0 Å². The second-order valence-corrected chi connectivity index (χ2v) is 4.85. The van der Waals surface area contributed by atoms with Gasteiger partial charge in [-0.15, -0.1) is 0 Å². The summed E-state index contributed by atoms with van der Waals surface area (Å²) in [5.41, 5.74) is 1.03. The van der Waals surface area contributed by atoms with Crippen LogP contribution in [0.5, 0.6) is 0 Å². The van der Waals surface area contributed by atoms with Crippen molar-refractivity contribution in [2.24, 2.45) is 5.92 Å². The van der Waals surface area contributed by atoms with E-state index >= 15 is 0 Å². The Labute approximate surface area is 104 Å². The standard InChI is InChI=1S/C13H25NO3/c1-11(2)8-16-6-5-14-7-13(15)10-17-9-12-3-4-12/h12-15H,1,3-10H2,2H3. The summed E-state index contributed by atoms with van der Waals surface area (Å²) >= 11 is 0. The van der Waals surface area contributed by atoms with Gasteiger partial charge in [0.1, 0.15) is 0 Å². The SMILES string of the molecule is C=C(C)COCCNCC(O)COCC1CC1. The average molecular weight is 243 g/mol. The highest BCUT2D eigenvalue weighted by molar-refractivity contribution is 4.87. The maximum Gasteiger partial charge on any atom is 0.0897 e. The molecule has 4 heteroatoms. The second-order valence-electron chi connectivity index (χ2n) is 4.85. The Morgan fingerprint density at radius 3 is 2.88 bits per heavy atom. The molecular formula is C13H25NO3. The van der Waals surface area contributed by atoms with E-state index in [1.54, 1.807) is 0 Å². The third kappa shape index (κ3) is 9.30. The van der Waals surface area contributed by atoms with Crippen molar-refractivity contribution in [3.05, 3.63) is 12.2 Å². The van der Waals surface area contributed by atoms with Gasteiger partial charge in [-0.1, -0.05) is 12.2 Å². The zero-order chi connectivity index (χ0) is 12.5. The highest BCUT2D eigenvalue weighted by atomic mass is 16.5. The highest BCUT2D eigenvalue weighted by Gasteiger charge is 2.21. The maximum absolute atomic E-state index is 9.58. The molecule has 0 aliphatic heterocycles. The monoisotopic (exact) mass is 243 g/mol. The number of ether oxygens (including phenoxy) is 2. The Morgan fingerprint density at radius 1 is 1.47 bits per heavy atom. The molecule has 4 nitrogen and oxygen atoms in total. The molecule has 1 aliphatic rings. The molecule has 0 aromatic carbocycles. The van der Waals surface area contributed by atoms with E-state index in [0.29, 0.717) is 26.4 Å². The molecule has 0 radical (unpaired) electrons. The first-order valence-electron chi connectivity index (χ1n) is 6.37. The molecule has 0 aromatic rings. The van der Waals surface area contributed by atoms with Gasteiger partial charge in [-0.2, -0.15) is 0 Å². The zero-order valence-corrected chi connectivity index (χ0v) is 10.8. The topological polar surface area (TPSA) is 50.7 Å². The molecule has 0 aromatic heterocycles. The predicted molar refractivity (Wildman–Crippen MR) is 68.1 cm³/mol. The molecular weight excluding hydrogens is 218 g/mol. The third-order valence-corrected chi connectivity index (χ3v) is 2.51. The molecule has 1 aliphatic carbocycles. The summed E-state index contributed by atoms with van der Waals surface area (Å²) in [7, 11) is 0. The molecule has 100 valence electrons. The van der Waals surface area contributed by atoms with E-state index in [0.717, 1.165) is 24.6 Å². The number of rotatable bonds is 11. The fraction of sp³-hybridized carbons (Fsp3) is 0.846. The molecule has 2 N–H and O–H groups in total. The minimum Gasteiger partial charge on any atom is -0.389 e. The zero-order valence-electron chi connectivity index (χ0n) is 10.8. The normalized spacial score (nSPS) is 17.1. The molecule has 0 spiro atoms. The van der Waals surface area contributed by atoms with E-state index in [9.17, 15) is 5.11 Å². The first-order chi connectivity index (χ1) is 8.18. The van der Waals surface area contributed by atoms with Crippen molar-refractivity contribution in [1.29, 1.82) is 0 Å². The maximum atomic E-state index is 9.58. The molecule has 0 saturated heterocycles. The number of hydrogen-bond acceptors (Lipinski definition) is 4. The van der Waals surface area contributed by atoms with Gasteiger partial charge in [0, 0.05) is 19.7 Å². The Bertz CT molecular complexity index is 217. The predicted octanol–water partition coefficient (Wildman–Crippen LogP) is 0.956. The van der Waals surface area contributed by atoms with Crippen molar-refractivity contribution in [2.75, 3.05) is 39.5 Å². The van der Waals surface area contributed by atoms with E-state index < -0.39 is 6.10 Å². The van der Waals surface area contributed by atoms with E-state index in [1.807, 2.05) is 6.92 Å². The smallest absolute Gasteiger partial charge is 0.0897 e. The number of hydrogen-bond donors (Lipinski definition) is 2. The van der Waals surface area contributed by atoms with Crippen LogP contribution in [-0.4, -0.2) is 50.7 Å². The van der Waals surface area contributed by atoms with Gasteiger partial charge in [-0.05, 0) is 25.7 Å². The lowest BCUT2D eigenvalue weighted by Gasteiger charge is -2.12. The lowest BCUT2D eigenvalue weighted by molar-refractivity contribution is 0.0316. The van der Waals surface area contributed by atoms with Crippen LogP contribution < -0.4 is 5.32 Å². The fourth-order valence-electron chi connectivity index (χ4n) is 1.37. The van der Waals surface area contributed by atoms with Crippen LogP contribution in [0.2, 0.25) is 0 Å². The highest BCUT2D eigenvalue weighted by Crippen LogP contribution is 2.28. The summed E-state index contributed by atoms with van der Waals surface area (Å²) < 4.78 is 10.7. The summed E-state index contributed by atoms with van der Waals surface area (Å²) in [5.74, 6) is 0.755. The fourth-order valence-corrected chi connectivity index (χ4v) is 1.37. The Balaban J connectivity index is 1.78. The van der Waals surface area contributed by atoms with Gasteiger partial charge >= 0.3 is 0 Å². The van der Waals surface area contributed by atoms with Gasteiger partial charge in [-0.25, -0.2) is 0 Å². The van der Waals surface area contributed by atoms with Gasteiger partial charge in [0.15, 0.2) is 0 Å². The quantitative estimate of drug-likeness (QED) is 0.419. The van der Waals surface area contributed by atoms with Crippen molar-refractivity contribution in [1.82, 2.24) is 5.32 Å². The van der Waals surface area contributed by atoms with Crippen molar-refractivity contribution in [3.8, 4) is 0 Å². The Morgan fingerprint density at radius 2 is 2.24 bits per heavy atom. The number of aliphatic hydroxyl groups is 1. The van der Waals surface area contributed by atoms with E-state index in [4.69, 9.17) is 9.47 Å². The van der Waals surface area contributed by atoms with E-state index in [2.05, 4.69) is 11.9 Å². The minimum absolute atomic E-state index is 0.421. The van der Waals surface area contributed by atoms with Gasteiger partial charge in [0.25, 0.3) is 0 Å². The molecule has 1 unspecified atom stereocenters. The summed E-state index contributed by atoms with van der Waals surface area (Å²) in [5, 5.41) is 12.7. The molecule has 17 heavy (non-hydrogen) atoms. The van der Waals surface area contributed by atoms with Gasteiger partial charge in [0.05, 0.1) is 25.9 Å². The first-order valence-corrected chi connectivity index (χ1v) is 6.37. The van der Waals surface area contributed by atoms with E-state index in [1.165, 1.54) is 12.8 Å². The molecule has 1 rings (SSSR count). The number of nitrogens with one attached hydrogen (secondary N) is 1. The second kappa shape index (κ2) is 8.64. The van der Waals surface area contributed by atoms with Crippen molar-refractivity contribution >= 4 is 0 Å². The van der Waals surface area contributed by atoms with Crippen LogP contribution >= 0.6 is 0 Å². The minimum atomic E-state index is -0.421. The van der Waals surface area contributed by atoms with Crippen LogP contribution in [-0.2, 0) is 9.47 Å². The van der Waals surface area contributed by atoms with Crippen LogP contribution in [0.25, 0.3) is 0 Å². The summed E-state index contributed by atoms with van der Waals surface area (Å²) in [6.07, 6.45) is 2.15. The lowest BCUT2D eigenvalue weighted by Crippen LogP contribution is -2.32. The lowest BCUT2D eigenvalue weighted by atomic mass is 10.3.